The van der Waals surface area contributed by atoms with Crippen LogP contribution in [0.25, 0.3) is 44.9 Å². The van der Waals surface area contributed by atoms with Crippen LogP contribution < -0.4 is 11.1 Å². The lowest BCUT2D eigenvalue weighted by molar-refractivity contribution is 0.0383. The molecule has 9 heteroatoms. The molecule has 1 aliphatic heterocycles. The van der Waals surface area contributed by atoms with Gasteiger partial charge in [0.15, 0.2) is 5.58 Å². The number of nitrogen functional groups attached to an aromatic ring is 1. The van der Waals surface area contributed by atoms with Crippen LogP contribution in [0.15, 0.2) is 83.5 Å². The van der Waals surface area contributed by atoms with Crippen LogP contribution in [-0.2, 0) is 4.74 Å². The molecule has 5 aromatic rings. The van der Waals surface area contributed by atoms with Gasteiger partial charge in [0.1, 0.15) is 11.3 Å². The summed E-state index contributed by atoms with van der Waals surface area (Å²) in [5.41, 5.74) is 12.0. The number of nitrogens with two attached hydrogens (primary N) is 1. The van der Waals surface area contributed by atoms with Crippen LogP contribution in [0, 0.1) is 0 Å². The third kappa shape index (κ3) is 5.36. The maximum atomic E-state index is 12.8. The number of pyridine rings is 2. The van der Waals surface area contributed by atoms with Crippen molar-refractivity contribution in [2.75, 3.05) is 45.1 Å². The lowest BCUT2D eigenvalue weighted by Gasteiger charge is -2.26. The van der Waals surface area contributed by atoms with E-state index in [9.17, 15) is 4.79 Å². The summed E-state index contributed by atoms with van der Waals surface area (Å²) in [6.07, 6.45) is 3.44. The van der Waals surface area contributed by atoms with Crippen LogP contribution >= 0.6 is 0 Å². The number of oxazole rings is 1. The summed E-state index contributed by atoms with van der Waals surface area (Å²) in [4.78, 5) is 28.7. The predicted octanol–water partition coefficient (Wildman–Crippen LogP) is 4.26. The number of hydrogen-bond acceptors (Lipinski definition) is 8. The van der Waals surface area contributed by atoms with E-state index in [2.05, 4.69) is 20.2 Å². The minimum absolute atomic E-state index is 0.116. The number of aromatic nitrogens is 3. The first-order chi connectivity index (χ1) is 19.2. The van der Waals surface area contributed by atoms with E-state index in [1.165, 1.54) is 0 Å². The highest BCUT2D eigenvalue weighted by Gasteiger charge is 2.17. The Balaban J connectivity index is 1.25. The van der Waals surface area contributed by atoms with Crippen molar-refractivity contribution in [2.24, 2.45) is 0 Å². The van der Waals surface area contributed by atoms with Crippen molar-refractivity contribution >= 4 is 22.8 Å². The van der Waals surface area contributed by atoms with Gasteiger partial charge in [-0.05, 0) is 48.0 Å². The Morgan fingerprint density at radius 1 is 0.949 bits per heavy atom. The van der Waals surface area contributed by atoms with Gasteiger partial charge >= 0.3 is 0 Å². The second-order valence-electron chi connectivity index (χ2n) is 9.34. The van der Waals surface area contributed by atoms with Gasteiger partial charge in [0.2, 0.25) is 5.89 Å². The van der Waals surface area contributed by atoms with E-state index in [1.807, 2.05) is 60.7 Å². The number of amides is 1. The Bertz CT molecular complexity index is 1610. The van der Waals surface area contributed by atoms with Gasteiger partial charge in [0.25, 0.3) is 5.91 Å². The molecule has 1 fully saturated rings. The van der Waals surface area contributed by atoms with E-state index in [4.69, 9.17) is 19.9 Å². The van der Waals surface area contributed by atoms with E-state index in [1.54, 1.807) is 18.5 Å². The largest absolute Gasteiger partial charge is 0.435 e. The van der Waals surface area contributed by atoms with Crippen molar-refractivity contribution in [3.8, 4) is 33.8 Å². The topological polar surface area (TPSA) is 119 Å². The number of anilines is 1. The van der Waals surface area contributed by atoms with Crippen molar-refractivity contribution < 1.29 is 13.9 Å². The molecule has 3 N–H and O–H groups in total. The molecular weight excluding hydrogens is 492 g/mol. The SMILES string of the molecule is Nc1ncc(-c2cccc(C(=O)NCCN3CCOCC3)c2)cc1-c1nc2cccc(-c3ccccn3)c2o1. The quantitative estimate of drug-likeness (QED) is 0.327. The number of carbonyl (C=O) groups excluding carboxylic acids is 1. The molecule has 0 spiro atoms. The molecule has 9 nitrogen and oxygen atoms in total. The molecule has 0 saturated carbocycles. The molecule has 196 valence electrons. The maximum Gasteiger partial charge on any atom is 0.251 e. The zero-order chi connectivity index (χ0) is 26.6. The Labute approximate surface area is 225 Å². The standard InChI is InChI=1S/C30H28N6O3/c31-28-24(30-35-26-9-4-7-23(27(26)39-30)25-8-1-2-10-32-25)18-22(19-34-28)20-5-3-6-21(17-20)29(37)33-11-12-36-13-15-38-16-14-36/h1-10,17-19H,11-16H2,(H2,31,34)(H,33,37). The average molecular weight is 521 g/mol. The first-order valence-corrected chi connectivity index (χ1v) is 12.9. The molecule has 6 rings (SSSR count). The second-order valence-corrected chi connectivity index (χ2v) is 9.34. The normalized spacial score (nSPS) is 13.9. The number of nitrogens with zero attached hydrogens (tertiary/aromatic N) is 4. The summed E-state index contributed by atoms with van der Waals surface area (Å²) >= 11 is 0. The van der Waals surface area contributed by atoms with Crippen molar-refractivity contribution in [3.05, 3.63) is 84.7 Å². The van der Waals surface area contributed by atoms with Crippen LogP contribution in [0.4, 0.5) is 5.82 Å². The fourth-order valence-electron chi connectivity index (χ4n) is 4.69. The number of para-hydroxylation sites is 1. The number of ether oxygens (including phenoxy) is 1. The molecule has 2 aromatic carbocycles. The highest BCUT2D eigenvalue weighted by atomic mass is 16.5. The van der Waals surface area contributed by atoms with Gasteiger partial charge in [-0.15, -0.1) is 0 Å². The molecule has 1 saturated heterocycles. The summed E-state index contributed by atoms with van der Waals surface area (Å²) in [6.45, 7) is 4.64. The summed E-state index contributed by atoms with van der Waals surface area (Å²) in [5.74, 6) is 0.564. The number of hydrogen-bond donors (Lipinski definition) is 2. The molecule has 0 radical (unpaired) electrons. The van der Waals surface area contributed by atoms with Crippen molar-refractivity contribution in [2.45, 2.75) is 0 Å². The summed E-state index contributed by atoms with van der Waals surface area (Å²) in [6, 6.07) is 20.9. The highest BCUT2D eigenvalue weighted by molar-refractivity contribution is 5.96. The Morgan fingerprint density at radius 3 is 2.67 bits per heavy atom. The minimum Gasteiger partial charge on any atom is -0.435 e. The zero-order valence-electron chi connectivity index (χ0n) is 21.3. The Hall–Kier alpha value is -4.60. The van der Waals surface area contributed by atoms with Crippen LogP contribution in [0.1, 0.15) is 10.4 Å². The zero-order valence-corrected chi connectivity index (χ0v) is 21.3. The summed E-state index contributed by atoms with van der Waals surface area (Å²) in [5, 5.41) is 3.02. The van der Waals surface area contributed by atoms with Crippen LogP contribution in [0.2, 0.25) is 0 Å². The van der Waals surface area contributed by atoms with Gasteiger partial charge < -0.3 is 20.2 Å². The van der Waals surface area contributed by atoms with Crippen LogP contribution in [-0.4, -0.2) is 65.2 Å². The third-order valence-corrected chi connectivity index (χ3v) is 6.78. The lowest BCUT2D eigenvalue weighted by atomic mass is 10.0. The number of benzene rings is 2. The van der Waals surface area contributed by atoms with Crippen LogP contribution in [0.5, 0.6) is 0 Å². The van der Waals surface area contributed by atoms with Crippen molar-refractivity contribution in [1.29, 1.82) is 0 Å². The second kappa shape index (κ2) is 11.0. The van der Waals surface area contributed by atoms with Crippen molar-refractivity contribution in [3.63, 3.8) is 0 Å². The highest BCUT2D eigenvalue weighted by Crippen LogP contribution is 2.34. The molecule has 4 heterocycles. The smallest absolute Gasteiger partial charge is 0.251 e. The van der Waals surface area contributed by atoms with E-state index >= 15 is 0 Å². The molecule has 3 aromatic heterocycles. The summed E-state index contributed by atoms with van der Waals surface area (Å²) in [7, 11) is 0. The fraction of sp³-hybridized carbons (Fsp3) is 0.200. The van der Waals surface area contributed by atoms with Gasteiger partial charge in [0.05, 0.1) is 24.5 Å². The number of nitrogens with one attached hydrogen (secondary N) is 1. The van der Waals surface area contributed by atoms with E-state index in [-0.39, 0.29) is 5.91 Å². The molecule has 0 bridgehead atoms. The average Bonchev–Trinajstić information content (AvgIpc) is 3.43. The van der Waals surface area contributed by atoms with Gasteiger partial charge in [-0.3, -0.25) is 14.7 Å². The molecule has 1 amide bonds. The molecule has 0 atom stereocenters. The minimum atomic E-state index is -0.116. The van der Waals surface area contributed by atoms with Gasteiger partial charge in [-0.2, -0.15) is 0 Å². The van der Waals surface area contributed by atoms with E-state index < -0.39 is 0 Å². The molecule has 0 aliphatic carbocycles. The van der Waals surface area contributed by atoms with Crippen molar-refractivity contribution in [1.82, 2.24) is 25.2 Å². The first kappa shape index (κ1) is 24.7. The monoisotopic (exact) mass is 520 g/mol. The molecule has 39 heavy (non-hydrogen) atoms. The lowest BCUT2D eigenvalue weighted by Crippen LogP contribution is -2.41. The predicted molar refractivity (Wildman–Crippen MR) is 150 cm³/mol. The molecule has 0 unspecified atom stereocenters. The van der Waals surface area contributed by atoms with Gasteiger partial charge in [-0.25, -0.2) is 9.97 Å². The molecule has 1 aliphatic rings. The number of carbonyl (C=O) groups is 1. The van der Waals surface area contributed by atoms with Crippen LogP contribution in [0.3, 0.4) is 0 Å². The maximum absolute atomic E-state index is 12.8. The summed E-state index contributed by atoms with van der Waals surface area (Å²) < 4.78 is 11.6. The van der Waals surface area contributed by atoms with E-state index in [0.717, 1.165) is 55.2 Å². The molecular formula is C30H28N6O3. The number of morpholine rings is 1. The third-order valence-electron chi connectivity index (χ3n) is 6.78. The van der Waals surface area contributed by atoms with E-state index in [0.29, 0.717) is 40.5 Å². The Kier molecular flexibility index (Phi) is 6.99. The van der Waals surface area contributed by atoms with Gasteiger partial charge in [0, 0.05) is 55.3 Å². The first-order valence-electron chi connectivity index (χ1n) is 12.9. The van der Waals surface area contributed by atoms with Gasteiger partial charge in [-0.1, -0.05) is 24.3 Å². The fourth-order valence-corrected chi connectivity index (χ4v) is 4.69. The number of fused-ring (bicyclic) bond motifs is 1. The Morgan fingerprint density at radius 2 is 1.82 bits per heavy atom. The number of rotatable bonds is 7.